The van der Waals surface area contributed by atoms with E-state index in [1.54, 1.807) is 43.5 Å². The Kier molecular flexibility index (Phi) is 5.11. The van der Waals surface area contributed by atoms with Crippen LogP contribution in [0.3, 0.4) is 0 Å². The highest BCUT2D eigenvalue weighted by molar-refractivity contribution is 5.91. The molecule has 21 heavy (non-hydrogen) atoms. The first kappa shape index (κ1) is 14.8. The highest BCUT2D eigenvalue weighted by Gasteiger charge is 2.08. The summed E-state index contributed by atoms with van der Waals surface area (Å²) < 4.78 is 10.4. The maximum atomic E-state index is 11.8. The van der Waals surface area contributed by atoms with Gasteiger partial charge in [-0.2, -0.15) is 0 Å². The molecule has 0 bridgehead atoms. The number of carbonyl (C=O) groups is 1. The van der Waals surface area contributed by atoms with Gasteiger partial charge in [0, 0.05) is 17.8 Å². The summed E-state index contributed by atoms with van der Waals surface area (Å²) in [4.78, 5) is 15.8. The molecule has 0 atom stereocenters. The average molecular weight is 288 g/mol. The zero-order valence-corrected chi connectivity index (χ0v) is 11.6. The number of hydrogen-bond donors (Lipinski definition) is 2. The third-order valence-corrected chi connectivity index (χ3v) is 2.73. The number of ether oxygens (including phenoxy) is 2. The fraction of sp³-hybridized carbons (Fsp3) is 0.200. The van der Waals surface area contributed by atoms with Crippen molar-refractivity contribution >= 4 is 11.7 Å². The van der Waals surface area contributed by atoms with Gasteiger partial charge < -0.3 is 19.9 Å². The maximum absolute atomic E-state index is 11.8. The van der Waals surface area contributed by atoms with Crippen LogP contribution in [0.4, 0.5) is 5.82 Å². The molecular weight excluding hydrogens is 272 g/mol. The van der Waals surface area contributed by atoms with Gasteiger partial charge in [0.15, 0.2) is 6.61 Å². The third kappa shape index (κ3) is 4.19. The second-order valence-corrected chi connectivity index (χ2v) is 4.19. The predicted molar refractivity (Wildman–Crippen MR) is 77.3 cm³/mol. The first-order valence-corrected chi connectivity index (χ1v) is 6.34. The largest absolute Gasteiger partial charge is 0.497 e. The van der Waals surface area contributed by atoms with Crippen molar-refractivity contribution in [3.8, 4) is 11.5 Å². The smallest absolute Gasteiger partial charge is 0.263 e. The molecule has 2 N–H and O–H groups in total. The highest BCUT2D eigenvalue weighted by Crippen LogP contribution is 2.18. The number of pyridine rings is 1. The van der Waals surface area contributed by atoms with Crippen molar-refractivity contribution in [1.82, 2.24) is 4.98 Å². The number of rotatable bonds is 6. The van der Waals surface area contributed by atoms with E-state index >= 15 is 0 Å². The van der Waals surface area contributed by atoms with E-state index in [4.69, 9.17) is 14.6 Å². The van der Waals surface area contributed by atoms with Crippen LogP contribution in [-0.2, 0) is 11.4 Å². The lowest BCUT2D eigenvalue weighted by Crippen LogP contribution is -2.21. The lowest BCUT2D eigenvalue weighted by Gasteiger charge is -2.09. The van der Waals surface area contributed by atoms with Crippen LogP contribution in [0.1, 0.15) is 5.56 Å². The normalized spacial score (nSPS) is 10.0. The fourth-order valence-electron chi connectivity index (χ4n) is 1.69. The van der Waals surface area contributed by atoms with Crippen molar-refractivity contribution in [3.05, 3.63) is 48.2 Å². The molecule has 6 nitrogen and oxygen atoms in total. The number of methoxy groups -OCH3 is 1. The molecule has 0 radical (unpaired) electrons. The van der Waals surface area contributed by atoms with E-state index in [1.807, 2.05) is 0 Å². The molecule has 110 valence electrons. The lowest BCUT2D eigenvalue weighted by molar-refractivity contribution is -0.118. The van der Waals surface area contributed by atoms with E-state index in [2.05, 4.69) is 10.3 Å². The first-order chi connectivity index (χ1) is 10.2. The Morgan fingerprint density at radius 1 is 1.29 bits per heavy atom. The minimum Gasteiger partial charge on any atom is -0.497 e. The monoisotopic (exact) mass is 288 g/mol. The number of hydrogen-bond acceptors (Lipinski definition) is 5. The van der Waals surface area contributed by atoms with Crippen molar-refractivity contribution < 1.29 is 19.4 Å². The molecule has 1 aromatic carbocycles. The minimum absolute atomic E-state index is 0.158. The number of benzene rings is 1. The van der Waals surface area contributed by atoms with Crippen molar-refractivity contribution in [2.75, 3.05) is 19.0 Å². The third-order valence-electron chi connectivity index (χ3n) is 2.73. The number of nitrogens with zero attached hydrogens (tertiary/aromatic N) is 1. The number of amides is 1. The summed E-state index contributed by atoms with van der Waals surface area (Å²) in [7, 11) is 1.56. The molecule has 0 aliphatic carbocycles. The summed E-state index contributed by atoms with van der Waals surface area (Å²) in [6.45, 7) is -0.352. The van der Waals surface area contributed by atoms with Crippen LogP contribution >= 0.6 is 0 Å². The zero-order valence-electron chi connectivity index (χ0n) is 11.6. The van der Waals surface area contributed by atoms with Crippen molar-refractivity contribution in [2.24, 2.45) is 0 Å². The molecule has 6 heteroatoms. The summed E-state index contributed by atoms with van der Waals surface area (Å²) in [5.74, 6) is 1.17. The Balaban J connectivity index is 1.92. The Morgan fingerprint density at radius 3 is 2.86 bits per heavy atom. The number of anilines is 1. The number of aromatic nitrogens is 1. The summed E-state index contributed by atoms with van der Waals surface area (Å²) in [6.07, 6.45) is 1.54. The predicted octanol–water partition coefficient (Wildman–Crippen LogP) is 1.60. The van der Waals surface area contributed by atoms with E-state index in [0.717, 1.165) is 0 Å². The summed E-state index contributed by atoms with van der Waals surface area (Å²) in [6, 6.07) is 10.4. The van der Waals surface area contributed by atoms with E-state index in [0.29, 0.717) is 22.9 Å². The van der Waals surface area contributed by atoms with E-state index < -0.39 is 0 Å². The molecule has 0 saturated carbocycles. The second-order valence-electron chi connectivity index (χ2n) is 4.19. The lowest BCUT2D eigenvalue weighted by atomic mass is 10.2. The molecule has 0 spiro atoms. The topological polar surface area (TPSA) is 80.7 Å². The molecule has 2 rings (SSSR count). The van der Waals surface area contributed by atoms with Gasteiger partial charge in [0.1, 0.15) is 17.3 Å². The van der Waals surface area contributed by atoms with Crippen LogP contribution in [0.15, 0.2) is 42.6 Å². The standard InChI is InChI=1S/C15H16N2O4/c1-20-12-5-2-6-13(8-12)21-10-14(19)17-15-11(9-18)4-3-7-16-15/h2-8,18H,9-10H2,1H3,(H,16,17,19). The van der Waals surface area contributed by atoms with Crippen LogP contribution in [0, 0.1) is 0 Å². The van der Waals surface area contributed by atoms with Gasteiger partial charge in [0.05, 0.1) is 13.7 Å². The average Bonchev–Trinajstić information content (AvgIpc) is 2.53. The molecule has 0 aliphatic heterocycles. The molecule has 0 aliphatic rings. The fourth-order valence-corrected chi connectivity index (χ4v) is 1.69. The molecule has 1 amide bonds. The molecule has 1 aromatic heterocycles. The number of carbonyl (C=O) groups excluding carboxylic acids is 1. The van der Waals surface area contributed by atoms with Crippen LogP contribution in [0.25, 0.3) is 0 Å². The second kappa shape index (κ2) is 7.25. The molecule has 1 heterocycles. The Bertz CT molecular complexity index is 616. The number of aliphatic hydroxyl groups excluding tert-OH is 1. The van der Waals surface area contributed by atoms with Crippen molar-refractivity contribution in [2.45, 2.75) is 6.61 Å². The Hall–Kier alpha value is -2.60. The van der Waals surface area contributed by atoms with Crippen LogP contribution in [-0.4, -0.2) is 29.7 Å². The van der Waals surface area contributed by atoms with Gasteiger partial charge in [-0.15, -0.1) is 0 Å². The summed E-state index contributed by atoms with van der Waals surface area (Å²) in [5.41, 5.74) is 0.548. The minimum atomic E-state index is -0.355. The zero-order chi connectivity index (χ0) is 15.1. The van der Waals surface area contributed by atoms with Crippen molar-refractivity contribution in [1.29, 1.82) is 0 Å². The molecular formula is C15H16N2O4. The van der Waals surface area contributed by atoms with E-state index in [1.165, 1.54) is 6.20 Å². The molecule has 2 aromatic rings. The molecule has 0 saturated heterocycles. The van der Waals surface area contributed by atoms with Gasteiger partial charge >= 0.3 is 0 Å². The van der Waals surface area contributed by atoms with Crippen LogP contribution in [0.5, 0.6) is 11.5 Å². The molecule has 0 unspecified atom stereocenters. The van der Waals surface area contributed by atoms with Gasteiger partial charge in [-0.1, -0.05) is 12.1 Å². The number of nitrogens with one attached hydrogen (secondary N) is 1. The summed E-state index contributed by atoms with van der Waals surface area (Å²) in [5, 5.41) is 11.8. The van der Waals surface area contributed by atoms with Crippen molar-refractivity contribution in [3.63, 3.8) is 0 Å². The maximum Gasteiger partial charge on any atom is 0.263 e. The van der Waals surface area contributed by atoms with Gasteiger partial charge in [0.2, 0.25) is 0 Å². The van der Waals surface area contributed by atoms with E-state index in [9.17, 15) is 4.79 Å². The van der Waals surface area contributed by atoms with Gasteiger partial charge in [-0.3, -0.25) is 4.79 Å². The first-order valence-electron chi connectivity index (χ1n) is 6.34. The number of aliphatic hydroxyl groups is 1. The quantitative estimate of drug-likeness (QED) is 0.844. The highest BCUT2D eigenvalue weighted by atomic mass is 16.5. The van der Waals surface area contributed by atoms with E-state index in [-0.39, 0.29) is 19.1 Å². The molecule has 0 fully saturated rings. The van der Waals surface area contributed by atoms with Gasteiger partial charge in [-0.05, 0) is 18.2 Å². The van der Waals surface area contributed by atoms with Crippen LogP contribution in [0.2, 0.25) is 0 Å². The summed E-state index contributed by atoms with van der Waals surface area (Å²) >= 11 is 0. The Labute approximate surface area is 122 Å². The van der Waals surface area contributed by atoms with Gasteiger partial charge in [-0.25, -0.2) is 4.98 Å². The Morgan fingerprint density at radius 2 is 2.10 bits per heavy atom. The van der Waals surface area contributed by atoms with Gasteiger partial charge in [0.25, 0.3) is 5.91 Å². The SMILES string of the molecule is COc1cccc(OCC(=O)Nc2ncccc2CO)c1. The van der Waals surface area contributed by atoms with Crippen LogP contribution < -0.4 is 14.8 Å².